The average molecular weight is 244 g/mol. The maximum Gasteiger partial charge on any atom is 0.0909 e. The number of aryl methyl sites for hydroxylation is 1. The van der Waals surface area contributed by atoms with Crippen molar-refractivity contribution in [3.63, 3.8) is 0 Å². The van der Waals surface area contributed by atoms with Crippen LogP contribution in [0.5, 0.6) is 0 Å². The van der Waals surface area contributed by atoms with E-state index in [1.54, 1.807) is 12.4 Å². The van der Waals surface area contributed by atoms with E-state index in [4.69, 9.17) is 11.6 Å². The molecule has 3 rings (SSSR count). The van der Waals surface area contributed by atoms with Gasteiger partial charge in [-0.1, -0.05) is 23.7 Å². The summed E-state index contributed by atoms with van der Waals surface area (Å²) < 4.78 is 0. The smallest absolute Gasteiger partial charge is 0.0909 e. The summed E-state index contributed by atoms with van der Waals surface area (Å²) in [4.78, 5) is 11.8. The maximum absolute atomic E-state index is 6.12. The molecule has 84 valence electrons. The van der Waals surface area contributed by atoms with E-state index < -0.39 is 0 Å². The number of para-hydroxylation sites is 1. The Labute approximate surface area is 103 Å². The fourth-order valence-electron chi connectivity index (χ4n) is 1.92. The molecular weight excluding hydrogens is 234 g/mol. The van der Waals surface area contributed by atoms with E-state index >= 15 is 0 Å². The van der Waals surface area contributed by atoms with Crippen LogP contribution in [0, 0.1) is 6.92 Å². The second-order valence-electron chi connectivity index (χ2n) is 3.91. The molecule has 2 heterocycles. The van der Waals surface area contributed by atoms with Crippen LogP contribution in [0.3, 0.4) is 0 Å². The van der Waals surface area contributed by atoms with Gasteiger partial charge in [0, 0.05) is 23.3 Å². The van der Waals surface area contributed by atoms with Crippen LogP contribution in [-0.4, -0.2) is 15.0 Å². The zero-order chi connectivity index (χ0) is 11.8. The first-order valence-corrected chi connectivity index (χ1v) is 5.68. The Bertz CT molecular complexity index is 688. The Kier molecular flexibility index (Phi) is 2.34. The van der Waals surface area contributed by atoms with Gasteiger partial charge in [-0.3, -0.25) is 4.98 Å². The van der Waals surface area contributed by atoms with Gasteiger partial charge in [0.25, 0.3) is 0 Å². The highest BCUT2D eigenvalue weighted by Crippen LogP contribution is 2.30. The Morgan fingerprint density at radius 3 is 2.94 bits per heavy atom. The van der Waals surface area contributed by atoms with E-state index in [-0.39, 0.29) is 0 Å². The third-order valence-electron chi connectivity index (χ3n) is 2.70. The zero-order valence-electron chi connectivity index (χ0n) is 9.24. The van der Waals surface area contributed by atoms with Gasteiger partial charge in [-0.25, -0.2) is 4.98 Å². The van der Waals surface area contributed by atoms with E-state index in [0.29, 0.717) is 0 Å². The lowest BCUT2D eigenvalue weighted by Crippen LogP contribution is -1.87. The number of aromatic nitrogens is 3. The topological polar surface area (TPSA) is 41.6 Å². The summed E-state index contributed by atoms with van der Waals surface area (Å²) in [6.07, 6.45) is 5.42. The minimum Gasteiger partial charge on any atom is -0.359 e. The summed E-state index contributed by atoms with van der Waals surface area (Å²) in [6, 6.07) is 5.83. The lowest BCUT2D eigenvalue weighted by molar-refractivity contribution is 1.12. The molecule has 4 heteroatoms. The summed E-state index contributed by atoms with van der Waals surface area (Å²) in [5.74, 6) is 0. The monoisotopic (exact) mass is 243 g/mol. The first kappa shape index (κ1) is 10.3. The number of hydrogen-bond acceptors (Lipinski definition) is 2. The Morgan fingerprint density at radius 1 is 1.24 bits per heavy atom. The molecule has 0 radical (unpaired) electrons. The quantitative estimate of drug-likeness (QED) is 0.710. The Morgan fingerprint density at radius 2 is 2.12 bits per heavy atom. The van der Waals surface area contributed by atoms with Gasteiger partial charge in [0.05, 0.1) is 28.1 Å². The molecule has 0 bridgehead atoms. The number of hydrogen-bond donors (Lipinski definition) is 1. The van der Waals surface area contributed by atoms with Crippen molar-refractivity contribution in [3.8, 4) is 11.3 Å². The third kappa shape index (κ3) is 1.68. The molecule has 1 aromatic carbocycles. The summed E-state index contributed by atoms with van der Waals surface area (Å²) >= 11 is 6.12. The number of nitrogens with zero attached hydrogens (tertiary/aromatic N) is 2. The van der Waals surface area contributed by atoms with Crippen LogP contribution in [0.25, 0.3) is 22.2 Å². The van der Waals surface area contributed by atoms with E-state index in [1.165, 1.54) is 0 Å². The molecule has 2 aromatic heterocycles. The lowest BCUT2D eigenvalue weighted by Gasteiger charge is -1.99. The molecule has 0 saturated heterocycles. The van der Waals surface area contributed by atoms with E-state index in [9.17, 15) is 0 Å². The Hall–Kier alpha value is -1.87. The van der Waals surface area contributed by atoms with Crippen molar-refractivity contribution in [2.45, 2.75) is 6.92 Å². The molecule has 0 unspecified atom stereocenters. The highest BCUT2D eigenvalue weighted by atomic mass is 35.5. The highest BCUT2D eigenvalue weighted by molar-refractivity contribution is 6.35. The first-order valence-electron chi connectivity index (χ1n) is 5.30. The molecule has 17 heavy (non-hydrogen) atoms. The molecule has 0 aliphatic rings. The fourth-order valence-corrected chi connectivity index (χ4v) is 2.15. The SMILES string of the molecule is Cc1cncc(-c2c[nH]c3c(Cl)cccc23)n1. The van der Waals surface area contributed by atoms with Crippen molar-refractivity contribution in [1.29, 1.82) is 0 Å². The molecule has 3 aromatic rings. The van der Waals surface area contributed by atoms with Crippen molar-refractivity contribution in [3.05, 3.63) is 47.5 Å². The van der Waals surface area contributed by atoms with Gasteiger partial charge in [-0.15, -0.1) is 0 Å². The summed E-state index contributed by atoms with van der Waals surface area (Å²) in [6.45, 7) is 1.93. The zero-order valence-corrected chi connectivity index (χ0v) is 9.99. The second-order valence-corrected chi connectivity index (χ2v) is 4.32. The van der Waals surface area contributed by atoms with Gasteiger partial charge in [0.2, 0.25) is 0 Å². The molecule has 0 aliphatic carbocycles. The number of benzene rings is 1. The van der Waals surface area contributed by atoms with Crippen molar-refractivity contribution in [2.75, 3.05) is 0 Å². The van der Waals surface area contributed by atoms with Gasteiger partial charge in [0.1, 0.15) is 0 Å². The average Bonchev–Trinajstić information content (AvgIpc) is 2.74. The van der Waals surface area contributed by atoms with Crippen molar-refractivity contribution in [1.82, 2.24) is 15.0 Å². The molecule has 0 atom stereocenters. The van der Waals surface area contributed by atoms with Crippen LogP contribution >= 0.6 is 11.6 Å². The molecule has 0 amide bonds. The van der Waals surface area contributed by atoms with E-state index in [1.807, 2.05) is 31.3 Å². The highest BCUT2D eigenvalue weighted by Gasteiger charge is 2.09. The largest absolute Gasteiger partial charge is 0.359 e. The van der Waals surface area contributed by atoms with Crippen LogP contribution < -0.4 is 0 Å². The number of rotatable bonds is 1. The number of nitrogens with one attached hydrogen (secondary N) is 1. The summed E-state index contributed by atoms with van der Waals surface area (Å²) in [5.41, 5.74) is 3.73. The minimum absolute atomic E-state index is 0.717. The molecule has 3 nitrogen and oxygen atoms in total. The number of halogens is 1. The maximum atomic E-state index is 6.12. The van der Waals surface area contributed by atoms with E-state index in [2.05, 4.69) is 15.0 Å². The van der Waals surface area contributed by atoms with Crippen molar-refractivity contribution >= 4 is 22.5 Å². The van der Waals surface area contributed by atoms with Crippen molar-refractivity contribution < 1.29 is 0 Å². The van der Waals surface area contributed by atoms with Gasteiger partial charge in [-0.05, 0) is 13.0 Å². The van der Waals surface area contributed by atoms with Gasteiger partial charge in [-0.2, -0.15) is 0 Å². The first-order chi connectivity index (χ1) is 8.25. The normalized spacial score (nSPS) is 10.9. The third-order valence-corrected chi connectivity index (χ3v) is 3.01. The Balaban J connectivity index is 2.28. The van der Waals surface area contributed by atoms with Crippen LogP contribution in [0.1, 0.15) is 5.69 Å². The number of aromatic amines is 1. The fraction of sp³-hybridized carbons (Fsp3) is 0.0769. The molecule has 0 saturated carbocycles. The van der Waals surface area contributed by atoms with Crippen LogP contribution in [0.2, 0.25) is 5.02 Å². The molecule has 0 aliphatic heterocycles. The van der Waals surface area contributed by atoms with E-state index in [0.717, 1.165) is 32.9 Å². The minimum atomic E-state index is 0.717. The van der Waals surface area contributed by atoms with Crippen LogP contribution in [-0.2, 0) is 0 Å². The molecule has 1 N–H and O–H groups in total. The van der Waals surface area contributed by atoms with Gasteiger partial charge < -0.3 is 4.98 Å². The van der Waals surface area contributed by atoms with Crippen molar-refractivity contribution in [2.24, 2.45) is 0 Å². The summed E-state index contributed by atoms with van der Waals surface area (Å²) in [7, 11) is 0. The number of fused-ring (bicyclic) bond motifs is 1. The van der Waals surface area contributed by atoms with Gasteiger partial charge in [0.15, 0.2) is 0 Å². The predicted molar refractivity (Wildman–Crippen MR) is 69.1 cm³/mol. The van der Waals surface area contributed by atoms with Gasteiger partial charge >= 0.3 is 0 Å². The number of H-pyrrole nitrogens is 1. The molecule has 0 spiro atoms. The lowest BCUT2D eigenvalue weighted by atomic mass is 10.1. The molecule has 0 fully saturated rings. The molecular formula is C13H10ClN3. The summed E-state index contributed by atoms with van der Waals surface area (Å²) in [5, 5.41) is 1.78. The predicted octanol–water partition coefficient (Wildman–Crippen LogP) is 3.59. The van der Waals surface area contributed by atoms with Crippen LogP contribution in [0.15, 0.2) is 36.8 Å². The second kappa shape index (κ2) is 3.86. The van der Waals surface area contributed by atoms with Crippen LogP contribution in [0.4, 0.5) is 0 Å². The standard InChI is InChI=1S/C13H10ClN3/c1-8-5-15-7-12(17-8)10-6-16-13-9(10)3-2-4-11(13)14/h2-7,16H,1H3.